The van der Waals surface area contributed by atoms with E-state index in [2.05, 4.69) is 4.98 Å². The number of methoxy groups -OCH3 is 1. The van der Waals surface area contributed by atoms with E-state index in [4.69, 9.17) is 9.84 Å². The van der Waals surface area contributed by atoms with Crippen molar-refractivity contribution in [3.8, 4) is 17.1 Å². The number of benzene rings is 1. The minimum Gasteiger partial charge on any atom is -0.497 e. The Kier molecular flexibility index (Phi) is 3.10. The fourth-order valence-corrected chi connectivity index (χ4v) is 2.40. The van der Waals surface area contributed by atoms with E-state index in [-0.39, 0.29) is 5.56 Å². The minimum absolute atomic E-state index is 0.225. The number of carboxylic acid groups (broad SMARTS) is 1. The van der Waals surface area contributed by atoms with Gasteiger partial charge in [0.2, 0.25) is 0 Å². The van der Waals surface area contributed by atoms with Gasteiger partial charge in [-0.1, -0.05) is 0 Å². The van der Waals surface area contributed by atoms with Gasteiger partial charge >= 0.3 is 5.97 Å². The number of hydrogen-bond acceptors (Lipinski definition) is 3. The summed E-state index contributed by atoms with van der Waals surface area (Å²) in [5.74, 6) is -0.175. The van der Waals surface area contributed by atoms with Gasteiger partial charge in [0.25, 0.3) is 0 Å². The lowest BCUT2D eigenvalue weighted by molar-refractivity contribution is 0.0697. The third kappa shape index (κ3) is 2.23. The lowest BCUT2D eigenvalue weighted by atomic mass is 10.2. The van der Waals surface area contributed by atoms with Crippen molar-refractivity contribution in [2.24, 2.45) is 7.05 Å². The van der Waals surface area contributed by atoms with Gasteiger partial charge in [-0.15, -0.1) is 0 Å². The number of rotatable bonds is 3. The van der Waals surface area contributed by atoms with Crippen molar-refractivity contribution in [3.63, 3.8) is 0 Å². The molecule has 1 N–H and O–H groups in total. The minimum atomic E-state index is -0.959. The molecule has 2 heterocycles. The van der Waals surface area contributed by atoms with Crippen LogP contribution in [0.1, 0.15) is 10.4 Å². The average molecular weight is 282 g/mol. The number of aryl methyl sites for hydroxylation is 1. The molecular formula is C16H14N2O3. The molecule has 5 nitrogen and oxygen atoms in total. The molecule has 2 aromatic heterocycles. The highest BCUT2D eigenvalue weighted by Crippen LogP contribution is 2.29. The summed E-state index contributed by atoms with van der Waals surface area (Å²) in [6, 6.07) is 10.9. The van der Waals surface area contributed by atoms with Crippen LogP contribution in [0.5, 0.6) is 5.75 Å². The molecular weight excluding hydrogens is 268 g/mol. The fraction of sp³-hybridized carbons (Fsp3) is 0.125. The van der Waals surface area contributed by atoms with Gasteiger partial charge in [-0.25, -0.2) is 4.79 Å². The van der Waals surface area contributed by atoms with E-state index < -0.39 is 5.97 Å². The Bertz CT molecular complexity index is 837. The van der Waals surface area contributed by atoms with E-state index >= 15 is 0 Å². The maximum absolute atomic E-state index is 11.1. The maximum Gasteiger partial charge on any atom is 0.335 e. The van der Waals surface area contributed by atoms with Gasteiger partial charge in [0.15, 0.2) is 0 Å². The molecule has 0 aliphatic rings. The van der Waals surface area contributed by atoms with Crippen LogP contribution in [-0.4, -0.2) is 27.7 Å². The highest BCUT2D eigenvalue weighted by molar-refractivity contribution is 5.91. The Morgan fingerprint density at radius 2 is 2.05 bits per heavy atom. The molecule has 0 unspecified atom stereocenters. The third-order valence-corrected chi connectivity index (χ3v) is 3.52. The van der Waals surface area contributed by atoms with Gasteiger partial charge in [-0.05, 0) is 36.4 Å². The molecule has 0 amide bonds. The summed E-state index contributed by atoms with van der Waals surface area (Å²) >= 11 is 0. The summed E-state index contributed by atoms with van der Waals surface area (Å²) in [6.45, 7) is 0. The van der Waals surface area contributed by atoms with E-state index in [9.17, 15) is 4.79 Å². The summed E-state index contributed by atoms with van der Waals surface area (Å²) in [6.07, 6.45) is 1.51. The molecule has 0 spiro atoms. The van der Waals surface area contributed by atoms with Crippen molar-refractivity contribution in [1.29, 1.82) is 0 Å². The van der Waals surface area contributed by atoms with Crippen molar-refractivity contribution < 1.29 is 14.6 Å². The standard InChI is InChI=1S/C16H14N2O3/c1-18-14-4-3-12(21-2)7-11(14)9-15(18)13-8-10(16(19)20)5-6-17-13/h3-9H,1-2H3,(H,19,20). The first-order chi connectivity index (χ1) is 10.1. The van der Waals surface area contributed by atoms with Crippen molar-refractivity contribution in [1.82, 2.24) is 9.55 Å². The number of ether oxygens (including phenoxy) is 1. The quantitative estimate of drug-likeness (QED) is 0.802. The van der Waals surface area contributed by atoms with Gasteiger partial charge in [-0.3, -0.25) is 4.98 Å². The van der Waals surface area contributed by atoms with Gasteiger partial charge in [0.05, 0.1) is 24.1 Å². The molecule has 3 rings (SSSR count). The summed E-state index contributed by atoms with van der Waals surface area (Å²) in [5, 5.41) is 10.1. The number of aromatic nitrogens is 2. The molecule has 5 heteroatoms. The lowest BCUT2D eigenvalue weighted by Crippen LogP contribution is -1.99. The Morgan fingerprint density at radius 1 is 1.24 bits per heavy atom. The van der Waals surface area contributed by atoms with Gasteiger partial charge < -0.3 is 14.4 Å². The summed E-state index contributed by atoms with van der Waals surface area (Å²) in [4.78, 5) is 15.3. The highest BCUT2D eigenvalue weighted by Gasteiger charge is 2.12. The van der Waals surface area contributed by atoms with E-state index in [1.54, 1.807) is 13.2 Å². The monoisotopic (exact) mass is 282 g/mol. The summed E-state index contributed by atoms with van der Waals surface area (Å²) in [5.41, 5.74) is 2.75. The molecule has 21 heavy (non-hydrogen) atoms. The molecule has 0 radical (unpaired) electrons. The van der Waals surface area contributed by atoms with Crippen molar-refractivity contribution >= 4 is 16.9 Å². The second kappa shape index (κ2) is 4.94. The molecule has 106 valence electrons. The van der Waals surface area contributed by atoms with Gasteiger partial charge in [0, 0.05) is 24.1 Å². The molecule has 3 aromatic rings. The maximum atomic E-state index is 11.1. The van der Waals surface area contributed by atoms with E-state index in [1.807, 2.05) is 35.9 Å². The van der Waals surface area contributed by atoms with E-state index in [0.29, 0.717) is 5.69 Å². The summed E-state index contributed by atoms with van der Waals surface area (Å²) < 4.78 is 7.21. The van der Waals surface area contributed by atoms with Crippen LogP contribution < -0.4 is 4.74 Å². The third-order valence-electron chi connectivity index (χ3n) is 3.52. The molecule has 0 bridgehead atoms. The van der Waals surface area contributed by atoms with Crippen LogP contribution in [0.15, 0.2) is 42.6 Å². The zero-order valence-electron chi connectivity index (χ0n) is 11.7. The van der Waals surface area contributed by atoms with Crippen LogP contribution in [-0.2, 0) is 7.05 Å². The van der Waals surface area contributed by atoms with E-state index in [1.165, 1.54) is 12.3 Å². The topological polar surface area (TPSA) is 64.3 Å². The van der Waals surface area contributed by atoms with Crippen molar-refractivity contribution in [2.75, 3.05) is 7.11 Å². The predicted molar refractivity (Wildman–Crippen MR) is 79.7 cm³/mol. The van der Waals surface area contributed by atoms with E-state index in [0.717, 1.165) is 22.3 Å². The predicted octanol–water partition coefficient (Wildman–Crippen LogP) is 2.95. The zero-order chi connectivity index (χ0) is 15.0. The number of nitrogens with zero attached hydrogens (tertiary/aromatic N) is 2. The van der Waals surface area contributed by atoms with Gasteiger partial charge in [0.1, 0.15) is 5.75 Å². The largest absolute Gasteiger partial charge is 0.497 e. The first-order valence-electron chi connectivity index (χ1n) is 6.43. The molecule has 0 aliphatic heterocycles. The van der Waals surface area contributed by atoms with Crippen molar-refractivity contribution in [3.05, 3.63) is 48.2 Å². The summed E-state index contributed by atoms with van der Waals surface area (Å²) in [7, 11) is 3.56. The van der Waals surface area contributed by atoms with Crippen LogP contribution in [0.2, 0.25) is 0 Å². The second-order valence-electron chi connectivity index (χ2n) is 4.75. The van der Waals surface area contributed by atoms with Crippen LogP contribution >= 0.6 is 0 Å². The number of pyridine rings is 1. The smallest absolute Gasteiger partial charge is 0.335 e. The first-order valence-corrected chi connectivity index (χ1v) is 6.43. The average Bonchev–Trinajstić information content (AvgIpc) is 2.84. The Labute approximate surface area is 121 Å². The molecule has 0 aliphatic carbocycles. The lowest BCUT2D eigenvalue weighted by Gasteiger charge is -2.05. The molecule has 0 saturated heterocycles. The van der Waals surface area contributed by atoms with Crippen LogP contribution in [0.4, 0.5) is 0 Å². The number of fused-ring (bicyclic) bond motifs is 1. The van der Waals surface area contributed by atoms with Gasteiger partial charge in [-0.2, -0.15) is 0 Å². The van der Waals surface area contributed by atoms with Crippen LogP contribution in [0.3, 0.4) is 0 Å². The number of hydrogen-bond donors (Lipinski definition) is 1. The number of aromatic carboxylic acids is 1. The first kappa shape index (κ1) is 13.2. The van der Waals surface area contributed by atoms with Crippen molar-refractivity contribution in [2.45, 2.75) is 0 Å². The Balaban J connectivity index is 2.18. The SMILES string of the molecule is COc1ccc2c(c1)cc(-c1cc(C(=O)O)ccn1)n2C. The molecule has 1 aromatic carbocycles. The highest BCUT2D eigenvalue weighted by atomic mass is 16.5. The normalized spacial score (nSPS) is 10.8. The second-order valence-corrected chi connectivity index (χ2v) is 4.75. The molecule has 0 atom stereocenters. The number of carbonyl (C=O) groups is 1. The number of carboxylic acids is 1. The van der Waals surface area contributed by atoms with Crippen LogP contribution in [0.25, 0.3) is 22.3 Å². The Hall–Kier alpha value is -2.82. The van der Waals surface area contributed by atoms with Crippen LogP contribution in [0, 0.1) is 0 Å². The Morgan fingerprint density at radius 3 is 2.76 bits per heavy atom. The molecule has 0 saturated carbocycles. The zero-order valence-corrected chi connectivity index (χ0v) is 11.7. The fourth-order valence-electron chi connectivity index (χ4n) is 2.40. The molecule has 0 fully saturated rings.